The highest BCUT2D eigenvalue weighted by Crippen LogP contribution is 2.70. The van der Waals surface area contributed by atoms with E-state index >= 15 is 0 Å². The van der Waals surface area contributed by atoms with Crippen LogP contribution in [0.25, 0.3) is 0 Å². The fourth-order valence-electron chi connectivity index (χ4n) is 2.78. The first-order valence-electron chi connectivity index (χ1n) is 7.01. The Bertz CT molecular complexity index is 574. The minimum atomic E-state index is -0.811. The van der Waals surface area contributed by atoms with Crippen molar-refractivity contribution in [1.29, 1.82) is 0 Å². The second kappa shape index (κ2) is 5.63. The maximum absolute atomic E-state index is 10.8. The molecular weight excluding hydrogens is 264 g/mol. The van der Waals surface area contributed by atoms with Crippen LogP contribution in [0.15, 0.2) is 71.4 Å². The first-order chi connectivity index (χ1) is 9.58. The summed E-state index contributed by atoms with van der Waals surface area (Å²) >= 11 is 1.60. The van der Waals surface area contributed by atoms with Crippen LogP contribution >= 0.6 is 11.8 Å². The van der Waals surface area contributed by atoms with E-state index in [0.717, 1.165) is 5.57 Å². The van der Waals surface area contributed by atoms with Crippen molar-refractivity contribution in [2.45, 2.75) is 37.4 Å². The SMILES string of the molecule is CC=CC1=CC2(O)SC2(C=CC)C(C=CC)=C1C=CC. The molecule has 2 atom stereocenters. The number of hydrogen-bond acceptors (Lipinski definition) is 2. The molecule has 106 valence electrons. The van der Waals surface area contributed by atoms with E-state index in [9.17, 15) is 5.11 Å². The lowest BCUT2D eigenvalue weighted by atomic mass is 9.80. The number of aliphatic hydroxyl groups is 1. The number of hydrogen-bond donors (Lipinski definition) is 1. The van der Waals surface area contributed by atoms with Crippen LogP contribution in [0.2, 0.25) is 0 Å². The molecule has 1 heterocycles. The van der Waals surface area contributed by atoms with E-state index in [0.29, 0.717) is 0 Å². The molecule has 1 aliphatic carbocycles. The fourth-order valence-corrected chi connectivity index (χ4v) is 4.13. The minimum absolute atomic E-state index is 0.325. The molecule has 0 saturated carbocycles. The Hall–Kier alpha value is -1.25. The lowest BCUT2D eigenvalue weighted by Crippen LogP contribution is -2.28. The van der Waals surface area contributed by atoms with Gasteiger partial charge in [0.25, 0.3) is 0 Å². The highest BCUT2D eigenvalue weighted by Gasteiger charge is 2.69. The zero-order valence-electron chi connectivity index (χ0n) is 12.6. The fraction of sp³-hybridized carbons (Fsp3) is 0.333. The van der Waals surface area contributed by atoms with E-state index in [4.69, 9.17) is 0 Å². The molecule has 2 rings (SSSR count). The Balaban J connectivity index is 2.69. The Morgan fingerprint density at radius 2 is 1.60 bits per heavy atom. The van der Waals surface area contributed by atoms with Gasteiger partial charge in [-0.3, -0.25) is 0 Å². The van der Waals surface area contributed by atoms with Gasteiger partial charge in [-0.25, -0.2) is 0 Å². The Labute approximate surface area is 126 Å². The average molecular weight is 286 g/mol. The van der Waals surface area contributed by atoms with Crippen molar-refractivity contribution >= 4 is 11.8 Å². The van der Waals surface area contributed by atoms with E-state index in [2.05, 4.69) is 30.4 Å². The summed E-state index contributed by atoms with van der Waals surface area (Å²) < 4.78 is -0.325. The van der Waals surface area contributed by atoms with E-state index in [1.807, 2.05) is 52.0 Å². The van der Waals surface area contributed by atoms with Crippen LogP contribution in [-0.4, -0.2) is 14.8 Å². The monoisotopic (exact) mass is 286 g/mol. The van der Waals surface area contributed by atoms with Crippen molar-refractivity contribution in [2.75, 3.05) is 0 Å². The molecule has 2 aliphatic rings. The van der Waals surface area contributed by atoms with Crippen molar-refractivity contribution in [3.05, 3.63) is 71.4 Å². The number of fused-ring (bicyclic) bond motifs is 1. The summed E-state index contributed by atoms with van der Waals surface area (Å²) in [5.74, 6) is 0. The molecule has 0 spiro atoms. The Kier molecular flexibility index (Phi) is 4.26. The minimum Gasteiger partial charge on any atom is -0.374 e. The molecule has 1 N–H and O–H groups in total. The largest absolute Gasteiger partial charge is 0.374 e. The number of rotatable bonds is 4. The molecule has 0 aromatic carbocycles. The van der Waals surface area contributed by atoms with Gasteiger partial charge in [0.1, 0.15) is 4.75 Å². The Morgan fingerprint density at radius 1 is 0.950 bits per heavy atom. The van der Waals surface area contributed by atoms with E-state index in [-0.39, 0.29) is 4.75 Å². The smallest absolute Gasteiger partial charge is 0.153 e. The second-order valence-electron chi connectivity index (χ2n) is 4.96. The summed E-state index contributed by atoms with van der Waals surface area (Å²) in [6, 6.07) is 0. The second-order valence-corrected chi connectivity index (χ2v) is 6.43. The van der Waals surface area contributed by atoms with Crippen LogP contribution in [0, 0.1) is 0 Å². The standard InChI is InChI=1S/C18H22OS/c1-5-9-14-13-18(19)17(20-18,12-8-4)16(11-7-3)15(14)10-6-2/h5-13,19H,1-4H3. The number of thioether (sulfide) groups is 1. The van der Waals surface area contributed by atoms with E-state index in [1.165, 1.54) is 11.1 Å². The van der Waals surface area contributed by atoms with Gasteiger partial charge >= 0.3 is 0 Å². The first kappa shape index (κ1) is 15.1. The summed E-state index contributed by atoms with van der Waals surface area (Å²) in [6.07, 6.45) is 18.5. The van der Waals surface area contributed by atoms with Crippen molar-refractivity contribution in [1.82, 2.24) is 0 Å². The molecule has 0 radical (unpaired) electrons. The molecule has 2 unspecified atom stereocenters. The molecule has 20 heavy (non-hydrogen) atoms. The maximum Gasteiger partial charge on any atom is 0.153 e. The summed E-state index contributed by atoms with van der Waals surface area (Å²) in [7, 11) is 0. The molecule has 0 aromatic rings. The third-order valence-corrected chi connectivity index (χ3v) is 5.11. The van der Waals surface area contributed by atoms with E-state index < -0.39 is 4.93 Å². The maximum atomic E-state index is 10.8. The van der Waals surface area contributed by atoms with Crippen LogP contribution in [0.4, 0.5) is 0 Å². The van der Waals surface area contributed by atoms with Gasteiger partial charge in [-0.1, -0.05) is 48.6 Å². The molecule has 0 bridgehead atoms. The zero-order chi connectivity index (χ0) is 14.8. The van der Waals surface area contributed by atoms with Gasteiger partial charge in [0.05, 0.1) is 0 Å². The topological polar surface area (TPSA) is 20.2 Å². The highest BCUT2D eigenvalue weighted by atomic mass is 32.2. The van der Waals surface area contributed by atoms with Crippen molar-refractivity contribution in [2.24, 2.45) is 0 Å². The predicted molar refractivity (Wildman–Crippen MR) is 89.6 cm³/mol. The normalized spacial score (nSPS) is 33.8. The Morgan fingerprint density at radius 3 is 2.15 bits per heavy atom. The van der Waals surface area contributed by atoms with E-state index in [1.54, 1.807) is 11.8 Å². The number of allylic oxidation sites excluding steroid dienone is 9. The van der Waals surface area contributed by atoms with Crippen LogP contribution in [0.5, 0.6) is 0 Å². The molecule has 1 fully saturated rings. The molecule has 1 nitrogen and oxygen atoms in total. The quantitative estimate of drug-likeness (QED) is 0.597. The van der Waals surface area contributed by atoms with Gasteiger partial charge in [0.2, 0.25) is 0 Å². The highest BCUT2D eigenvalue weighted by molar-refractivity contribution is 8.10. The molecule has 2 heteroatoms. The van der Waals surface area contributed by atoms with Crippen molar-refractivity contribution in [3.8, 4) is 0 Å². The van der Waals surface area contributed by atoms with Crippen LogP contribution in [0.1, 0.15) is 27.7 Å². The third kappa shape index (κ3) is 2.17. The zero-order valence-corrected chi connectivity index (χ0v) is 13.4. The lowest BCUT2D eigenvalue weighted by Gasteiger charge is -2.24. The van der Waals surface area contributed by atoms with Crippen molar-refractivity contribution < 1.29 is 5.11 Å². The molecule has 1 aliphatic heterocycles. The summed E-state index contributed by atoms with van der Waals surface area (Å²) in [4.78, 5) is -0.811. The van der Waals surface area contributed by atoms with Gasteiger partial charge < -0.3 is 5.11 Å². The van der Waals surface area contributed by atoms with Crippen LogP contribution in [0.3, 0.4) is 0 Å². The summed E-state index contributed by atoms with van der Waals surface area (Å²) in [6.45, 7) is 8.04. The first-order valence-corrected chi connectivity index (χ1v) is 7.82. The van der Waals surface area contributed by atoms with Gasteiger partial charge in [0.15, 0.2) is 4.93 Å². The van der Waals surface area contributed by atoms with Crippen LogP contribution < -0.4 is 0 Å². The predicted octanol–water partition coefficient (Wildman–Crippen LogP) is 4.70. The average Bonchev–Trinajstić information content (AvgIpc) is 3.00. The molecule has 0 amide bonds. The molecule has 1 saturated heterocycles. The van der Waals surface area contributed by atoms with Crippen LogP contribution in [-0.2, 0) is 0 Å². The lowest BCUT2D eigenvalue weighted by molar-refractivity contribution is 0.208. The summed E-state index contributed by atoms with van der Waals surface area (Å²) in [5, 5.41) is 10.8. The molecule has 0 aromatic heterocycles. The molecular formula is C18H22OS. The van der Waals surface area contributed by atoms with Gasteiger partial charge in [0, 0.05) is 0 Å². The van der Waals surface area contributed by atoms with Gasteiger partial charge in [-0.15, -0.1) is 11.8 Å². The third-order valence-electron chi connectivity index (χ3n) is 3.57. The van der Waals surface area contributed by atoms with Gasteiger partial charge in [-0.2, -0.15) is 0 Å². The summed E-state index contributed by atoms with van der Waals surface area (Å²) in [5.41, 5.74) is 3.46. The van der Waals surface area contributed by atoms with Crippen molar-refractivity contribution in [3.63, 3.8) is 0 Å². The van der Waals surface area contributed by atoms with Gasteiger partial charge in [-0.05, 0) is 50.5 Å².